The number of aliphatic hydroxyl groups excluding tert-OH is 4. The molecule has 0 unspecified atom stereocenters. The highest BCUT2D eigenvalue weighted by Gasteiger charge is 2.25. The zero-order valence-electron chi connectivity index (χ0n) is 49.7. The first-order chi connectivity index (χ1) is 42.4. The average molecular weight is 1220 g/mol. The van der Waals surface area contributed by atoms with Gasteiger partial charge in [0.05, 0.1) is 73.7 Å². The summed E-state index contributed by atoms with van der Waals surface area (Å²) in [5.74, 6) is 2.06. The van der Waals surface area contributed by atoms with E-state index in [1.54, 1.807) is 33.5 Å². The Balaban J connectivity index is 0.000000179. The molecule has 0 saturated carbocycles. The van der Waals surface area contributed by atoms with E-state index in [1.807, 2.05) is 43.3 Å². The van der Waals surface area contributed by atoms with Gasteiger partial charge in [-0.1, -0.05) is 48.0 Å². The Hall–Kier alpha value is -9.01. The Morgan fingerprint density at radius 2 is 1.11 bits per heavy atom. The van der Waals surface area contributed by atoms with E-state index in [0.717, 1.165) is 106 Å². The van der Waals surface area contributed by atoms with Gasteiger partial charge in [-0.2, -0.15) is 0 Å². The second-order valence-corrected chi connectivity index (χ2v) is 23.2. The minimum absolute atomic E-state index is 0.0513. The summed E-state index contributed by atoms with van der Waals surface area (Å²) in [5.41, 5.74) is 18.0. The van der Waals surface area contributed by atoms with Crippen molar-refractivity contribution in [1.82, 2.24) is 30.0 Å². The smallest absolute Gasteiger partial charge is 0.280 e. The first-order valence-electron chi connectivity index (χ1n) is 28.3. The average Bonchev–Trinajstić information content (AvgIpc) is 2.78. The highest BCUT2D eigenvalue weighted by atomic mass is 32.2. The summed E-state index contributed by atoms with van der Waals surface area (Å²) in [4.78, 5) is 31.8. The Kier molecular flexibility index (Phi) is 22.2. The highest BCUT2D eigenvalue weighted by Crippen LogP contribution is 2.35. The number of nitrogens with two attached hydrogens (primary N) is 1. The molecule has 0 aliphatic carbocycles. The van der Waals surface area contributed by atoms with Gasteiger partial charge in [0, 0.05) is 63.3 Å². The van der Waals surface area contributed by atoms with Gasteiger partial charge < -0.3 is 40.4 Å². The molecule has 0 amide bonds. The van der Waals surface area contributed by atoms with Gasteiger partial charge in [0.2, 0.25) is 5.82 Å². The lowest BCUT2D eigenvalue weighted by atomic mass is 9.96. The number of aliphatic imine (C=N–C) groups is 1. The number of benzene rings is 7. The molecule has 0 fully saturated rings. The number of sulfone groups is 1. The number of nitrogens with zero attached hydrogens (tertiary/aromatic N) is 9. The van der Waals surface area contributed by atoms with Crippen LogP contribution in [0.4, 0.5) is 17.1 Å². The molecule has 8 aromatic rings. The van der Waals surface area contributed by atoms with Crippen molar-refractivity contribution in [3.63, 3.8) is 0 Å². The van der Waals surface area contributed by atoms with Gasteiger partial charge in [0.25, 0.3) is 11.4 Å². The van der Waals surface area contributed by atoms with Crippen LogP contribution in [0.5, 0.6) is 17.2 Å². The Morgan fingerprint density at radius 1 is 0.625 bits per heavy atom. The van der Waals surface area contributed by atoms with Crippen molar-refractivity contribution < 1.29 is 52.9 Å². The Morgan fingerprint density at radius 3 is 1.65 bits per heavy atom. The summed E-state index contributed by atoms with van der Waals surface area (Å²) in [5, 5.41) is 72.9. The molecule has 10 rings (SSSR count). The second kappa shape index (κ2) is 30.1. The van der Waals surface area contributed by atoms with Crippen LogP contribution in [-0.4, -0.2) is 128 Å². The van der Waals surface area contributed by atoms with Crippen LogP contribution in [0.15, 0.2) is 131 Å². The van der Waals surface area contributed by atoms with E-state index >= 15 is 0 Å². The number of hydrogen-bond donors (Lipinski definition) is 5. The molecular formula is C64H72N10O13S. The molecule has 1 aromatic heterocycles. The summed E-state index contributed by atoms with van der Waals surface area (Å²) in [6.07, 6.45) is 5.10. The number of anilines is 1. The van der Waals surface area contributed by atoms with Crippen LogP contribution >= 0.6 is 0 Å². The predicted molar refractivity (Wildman–Crippen MR) is 332 cm³/mol. The third kappa shape index (κ3) is 16.3. The fraction of sp³-hybridized carbons (Fsp3) is 0.312. The second-order valence-electron chi connectivity index (χ2n) is 21.3. The van der Waals surface area contributed by atoms with Crippen LogP contribution in [-0.2, 0) is 75.0 Å². The molecule has 0 saturated heterocycles. The number of fused-ring (bicyclic) bond motifs is 2. The fourth-order valence-electron chi connectivity index (χ4n) is 10.4. The number of nitro benzene ring substituents is 2. The SMILES string of the molecule is COc1cc2c(cc1C)CCN(CCc1ccc(-n3nnc(-c4cc(CO)c(CO)cc4[N+](=O)[O-])n3)cc1)C2.COc1cc2c(cc1OC)CN(CCc1ccc(N)cc1)CC2.Cc1ccc(S(=O)(=O)CN=Cc2cc(CO)c(CO)cc2[N+](=O)[O-])cc1. The van der Waals surface area contributed by atoms with Crippen LogP contribution in [0.1, 0.15) is 72.3 Å². The number of ether oxygens (including phenoxy) is 3. The third-order valence-electron chi connectivity index (χ3n) is 15.4. The predicted octanol–water partition coefficient (Wildman–Crippen LogP) is 7.76. The summed E-state index contributed by atoms with van der Waals surface area (Å²) in [6.45, 7) is 8.18. The lowest BCUT2D eigenvalue weighted by Crippen LogP contribution is -2.32. The largest absolute Gasteiger partial charge is 0.496 e. The Labute approximate surface area is 510 Å². The van der Waals surface area contributed by atoms with Gasteiger partial charge in [0.15, 0.2) is 21.3 Å². The molecule has 7 aromatic carbocycles. The molecule has 3 heterocycles. The number of aromatic nitrogens is 4. The maximum absolute atomic E-state index is 12.3. The molecule has 0 radical (unpaired) electrons. The van der Waals surface area contributed by atoms with Gasteiger partial charge in [0.1, 0.15) is 17.2 Å². The van der Waals surface area contributed by atoms with Crippen LogP contribution in [0.3, 0.4) is 0 Å². The van der Waals surface area contributed by atoms with E-state index in [1.165, 1.54) is 74.1 Å². The van der Waals surface area contributed by atoms with Crippen molar-refractivity contribution >= 4 is 33.1 Å². The first-order valence-corrected chi connectivity index (χ1v) is 29.9. The van der Waals surface area contributed by atoms with Crippen molar-refractivity contribution in [2.45, 2.75) is 83.9 Å². The van der Waals surface area contributed by atoms with Crippen LogP contribution < -0.4 is 19.9 Å². The molecule has 24 heteroatoms. The van der Waals surface area contributed by atoms with E-state index < -0.39 is 45.4 Å². The molecule has 462 valence electrons. The van der Waals surface area contributed by atoms with Crippen LogP contribution in [0.2, 0.25) is 0 Å². The molecular weight excluding hydrogens is 1150 g/mol. The molecule has 23 nitrogen and oxygen atoms in total. The third-order valence-corrected chi connectivity index (χ3v) is 16.9. The quantitative estimate of drug-likeness (QED) is 0.0198. The van der Waals surface area contributed by atoms with E-state index in [0.29, 0.717) is 16.8 Å². The van der Waals surface area contributed by atoms with Crippen molar-refractivity contribution in [2.75, 3.05) is 59.1 Å². The summed E-state index contributed by atoms with van der Waals surface area (Å²) in [6, 6.07) is 36.0. The maximum atomic E-state index is 12.3. The van der Waals surface area contributed by atoms with Crippen molar-refractivity contribution in [3.05, 3.63) is 214 Å². The molecule has 2 aliphatic heterocycles. The first kappa shape index (κ1) is 65.0. The van der Waals surface area contributed by atoms with E-state index in [2.05, 4.69) is 73.5 Å². The fourth-order valence-corrected chi connectivity index (χ4v) is 11.4. The highest BCUT2D eigenvalue weighted by molar-refractivity contribution is 7.91. The number of aliphatic hydroxyl groups is 4. The van der Waals surface area contributed by atoms with Gasteiger partial charge in [-0.15, -0.1) is 15.0 Å². The number of hydrogen-bond acceptors (Lipinski definition) is 20. The normalized spacial score (nSPS) is 13.1. The van der Waals surface area contributed by atoms with E-state index in [-0.39, 0.29) is 51.0 Å². The number of rotatable bonds is 21. The minimum Gasteiger partial charge on any atom is -0.496 e. The summed E-state index contributed by atoms with van der Waals surface area (Å²) < 4.78 is 40.8. The topological polar surface area (TPSA) is 317 Å². The summed E-state index contributed by atoms with van der Waals surface area (Å²) >= 11 is 0. The summed E-state index contributed by atoms with van der Waals surface area (Å²) in [7, 11) is 1.42. The number of aryl methyl sites for hydroxylation is 2. The van der Waals surface area contributed by atoms with Gasteiger partial charge in [-0.3, -0.25) is 35.0 Å². The number of nitrogen functional groups attached to an aromatic ring is 1. The van der Waals surface area contributed by atoms with Crippen LogP contribution in [0, 0.1) is 34.1 Å². The standard InChI is InChI=1S/C28H30N6O5.C19H24N2O2.C17H18N2O6S/c1-18-11-20-8-10-32(15-21(20)14-27(18)39-2)9-7-19-3-5-24(6-4-19)33-30-28(29-31-33)25-12-22(16-35)23(17-36)13-26(25)34(37)38;1-22-18-11-15-8-10-21(13-16(15)12-19(18)23-2)9-7-14-3-5-17(20)6-4-14;1-12-2-4-16(5-3-12)26(24,25)11-18-8-13-6-14(9-20)15(10-21)7-17(13)19(22)23/h3-6,11-14,35-36H,7-10,15-17H2,1-2H3;3-6,11-12H,7-10,13,20H2,1-2H3;2-8,20-21H,9-11H2,1H3. The van der Waals surface area contributed by atoms with Gasteiger partial charge in [-0.25, -0.2) is 8.42 Å². The van der Waals surface area contributed by atoms with Crippen LogP contribution in [0.25, 0.3) is 17.1 Å². The number of nitro groups is 2. The van der Waals surface area contributed by atoms with Crippen molar-refractivity contribution in [2.24, 2.45) is 4.99 Å². The van der Waals surface area contributed by atoms with Crippen molar-refractivity contribution in [1.29, 1.82) is 0 Å². The number of methoxy groups -OCH3 is 3. The Bertz CT molecular complexity index is 3880. The molecule has 88 heavy (non-hydrogen) atoms. The molecule has 0 spiro atoms. The molecule has 6 N–H and O–H groups in total. The minimum atomic E-state index is -3.67. The molecule has 0 bridgehead atoms. The molecule has 2 aliphatic rings. The van der Waals surface area contributed by atoms with Gasteiger partial charge >= 0.3 is 0 Å². The number of tetrazole rings is 1. The zero-order valence-corrected chi connectivity index (χ0v) is 50.5. The lowest BCUT2D eigenvalue weighted by Gasteiger charge is -2.29. The maximum Gasteiger partial charge on any atom is 0.280 e. The monoisotopic (exact) mass is 1220 g/mol. The van der Waals surface area contributed by atoms with Gasteiger partial charge in [-0.05, 0) is 173 Å². The van der Waals surface area contributed by atoms with E-state index in [4.69, 9.17) is 19.9 Å². The zero-order chi connectivity index (χ0) is 63.1. The van der Waals surface area contributed by atoms with Crippen molar-refractivity contribution in [3.8, 4) is 34.3 Å². The van der Waals surface area contributed by atoms with E-state index in [9.17, 15) is 49.1 Å². The lowest BCUT2D eigenvalue weighted by molar-refractivity contribution is -0.385. The molecule has 0 atom stereocenters.